The molecule has 0 aromatic heterocycles. The van der Waals surface area contributed by atoms with Crippen LogP contribution < -0.4 is 10.2 Å². The van der Waals surface area contributed by atoms with E-state index in [1.54, 1.807) is 13.8 Å². The number of nitrogens with one attached hydrogen (secondary N) is 1. The van der Waals surface area contributed by atoms with Crippen LogP contribution in [0.15, 0.2) is 22.7 Å². The summed E-state index contributed by atoms with van der Waals surface area (Å²) in [7, 11) is 0. The van der Waals surface area contributed by atoms with Crippen molar-refractivity contribution >= 4 is 33.4 Å². The van der Waals surface area contributed by atoms with Crippen LogP contribution in [-0.2, 0) is 9.59 Å². The first-order valence-corrected chi connectivity index (χ1v) is 6.50. The van der Waals surface area contributed by atoms with Crippen LogP contribution in [0.5, 0.6) is 0 Å². The fourth-order valence-corrected chi connectivity index (χ4v) is 2.32. The summed E-state index contributed by atoms with van der Waals surface area (Å²) >= 11 is 3.44. The monoisotopic (exact) mass is 310 g/mol. The lowest BCUT2D eigenvalue weighted by molar-refractivity contribution is -0.134. The van der Waals surface area contributed by atoms with Gasteiger partial charge in [0.15, 0.2) is 0 Å². The van der Waals surface area contributed by atoms with Crippen molar-refractivity contribution in [1.29, 1.82) is 0 Å². The average molecular weight is 311 g/mol. The van der Waals surface area contributed by atoms with Crippen molar-refractivity contribution in [3.8, 4) is 0 Å². The predicted octanol–water partition coefficient (Wildman–Crippen LogP) is 2.00. The van der Waals surface area contributed by atoms with Crippen LogP contribution in [0.2, 0.25) is 0 Å². The SMILES string of the molecule is Cc1ccc(N2CC(=O)NC(C)(C)C2=O)cc1Br. The number of hydrogen-bond acceptors (Lipinski definition) is 2. The van der Waals surface area contributed by atoms with E-state index >= 15 is 0 Å². The molecule has 0 spiro atoms. The van der Waals surface area contributed by atoms with Crippen molar-refractivity contribution < 1.29 is 9.59 Å². The Morgan fingerprint density at radius 3 is 2.61 bits per heavy atom. The Balaban J connectivity index is 2.39. The summed E-state index contributed by atoms with van der Waals surface area (Å²) in [5.41, 5.74) is 0.972. The molecule has 0 bridgehead atoms. The largest absolute Gasteiger partial charge is 0.341 e. The number of aryl methyl sites for hydroxylation is 1. The molecule has 0 unspecified atom stereocenters. The van der Waals surface area contributed by atoms with E-state index in [-0.39, 0.29) is 18.4 Å². The summed E-state index contributed by atoms with van der Waals surface area (Å²) in [6.07, 6.45) is 0. The molecule has 96 valence electrons. The number of piperazine rings is 1. The van der Waals surface area contributed by atoms with E-state index in [0.717, 1.165) is 15.7 Å². The molecule has 5 heteroatoms. The molecule has 0 radical (unpaired) electrons. The summed E-state index contributed by atoms with van der Waals surface area (Å²) in [4.78, 5) is 25.4. The smallest absolute Gasteiger partial charge is 0.252 e. The van der Waals surface area contributed by atoms with Crippen molar-refractivity contribution in [2.45, 2.75) is 26.3 Å². The standard InChI is InChI=1S/C13H15BrN2O2/c1-8-4-5-9(6-10(8)14)16-7-11(17)15-13(2,3)12(16)18/h4-6H,7H2,1-3H3,(H,15,17). The molecule has 1 aromatic carbocycles. The molecule has 0 saturated carbocycles. The zero-order valence-corrected chi connectivity index (χ0v) is 12.2. The Morgan fingerprint density at radius 2 is 2.00 bits per heavy atom. The zero-order chi connectivity index (χ0) is 13.5. The van der Waals surface area contributed by atoms with Gasteiger partial charge in [-0.05, 0) is 38.5 Å². The number of benzene rings is 1. The molecular formula is C13H15BrN2O2. The molecule has 1 N–H and O–H groups in total. The van der Waals surface area contributed by atoms with E-state index in [9.17, 15) is 9.59 Å². The van der Waals surface area contributed by atoms with Gasteiger partial charge in [0.25, 0.3) is 5.91 Å². The fourth-order valence-electron chi connectivity index (χ4n) is 1.95. The number of hydrogen-bond donors (Lipinski definition) is 1. The number of amides is 2. The molecule has 18 heavy (non-hydrogen) atoms. The predicted molar refractivity (Wildman–Crippen MR) is 73.5 cm³/mol. The number of carbonyl (C=O) groups excluding carboxylic acids is 2. The lowest BCUT2D eigenvalue weighted by atomic mass is 10.00. The third-order valence-electron chi connectivity index (χ3n) is 3.00. The van der Waals surface area contributed by atoms with Gasteiger partial charge in [0.1, 0.15) is 12.1 Å². The van der Waals surface area contributed by atoms with E-state index in [2.05, 4.69) is 21.2 Å². The van der Waals surface area contributed by atoms with Crippen LogP contribution in [0.3, 0.4) is 0 Å². The van der Waals surface area contributed by atoms with Crippen molar-refractivity contribution in [2.24, 2.45) is 0 Å². The van der Waals surface area contributed by atoms with Crippen LogP contribution in [0.25, 0.3) is 0 Å². The summed E-state index contributed by atoms with van der Waals surface area (Å²) in [5.74, 6) is -0.242. The summed E-state index contributed by atoms with van der Waals surface area (Å²) in [6.45, 7) is 5.46. The molecule has 4 nitrogen and oxygen atoms in total. The van der Waals surface area contributed by atoms with Gasteiger partial charge in [0.05, 0.1) is 0 Å². The Bertz CT molecular complexity index is 526. The zero-order valence-electron chi connectivity index (χ0n) is 10.6. The van der Waals surface area contributed by atoms with Gasteiger partial charge in [0.2, 0.25) is 5.91 Å². The topological polar surface area (TPSA) is 49.4 Å². The number of nitrogens with zero attached hydrogens (tertiary/aromatic N) is 1. The van der Waals surface area contributed by atoms with Crippen LogP contribution >= 0.6 is 15.9 Å². The Hall–Kier alpha value is -1.36. The third-order valence-corrected chi connectivity index (χ3v) is 3.85. The molecule has 1 saturated heterocycles. The lowest BCUT2D eigenvalue weighted by Gasteiger charge is -2.37. The van der Waals surface area contributed by atoms with Crippen molar-refractivity contribution in [3.63, 3.8) is 0 Å². The van der Waals surface area contributed by atoms with E-state index in [4.69, 9.17) is 0 Å². The maximum Gasteiger partial charge on any atom is 0.252 e. The Morgan fingerprint density at radius 1 is 1.33 bits per heavy atom. The van der Waals surface area contributed by atoms with Gasteiger partial charge in [-0.3, -0.25) is 9.59 Å². The van der Waals surface area contributed by atoms with Crippen LogP contribution in [0.4, 0.5) is 5.69 Å². The third kappa shape index (κ3) is 2.27. The Labute approximate surface area is 114 Å². The van der Waals surface area contributed by atoms with E-state index in [1.165, 1.54) is 4.90 Å². The fraction of sp³-hybridized carbons (Fsp3) is 0.385. The highest BCUT2D eigenvalue weighted by atomic mass is 79.9. The van der Waals surface area contributed by atoms with E-state index in [0.29, 0.717) is 0 Å². The molecular weight excluding hydrogens is 296 g/mol. The first kappa shape index (κ1) is 13.1. The highest BCUT2D eigenvalue weighted by molar-refractivity contribution is 9.10. The molecule has 1 aromatic rings. The first-order valence-electron chi connectivity index (χ1n) is 5.70. The average Bonchev–Trinajstić information content (AvgIpc) is 2.27. The minimum absolute atomic E-state index is 0.0672. The lowest BCUT2D eigenvalue weighted by Crippen LogP contribution is -2.64. The first-order chi connectivity index (χ1) is 8.31. The van der Waals surface area contributed by atoms with E-state index < -0.39 is 5.54 Å². The molecule has 2 amide bonds. The normalized spacial score (nSPS) is 18.8. The minimum atomic E-state index is -0.854. The highest BCUT2D eigenvalue weighted by Gasteiger charge is 2.39. The van der Waals surface area contributed by atoms with Crippen molar-refractivity contribution in [3.05, 3.63) is 28.2 Å². The summed E-state index contributed by atoms with van der Waals surface area (Å²) in [6, 6.07) is 5.64. The molecule has 1 aliphatic rings. The minimum Gasteiger partial charge on any atom is -0.341 e. The van der Waals surface area contributed by atoms with Crippen molar-refractivity contribution in [2.75, 3.05) is 11.4 Å². The van der Waals surface area contributed by atoms with Gasteiger partial charge >= 0.3 is 0 Å². The molecule has 1 fully saturated rings. The maximum absolute atomic E-state index is 12.3. The molecule has 2 rings (SSSR count). The number of rotatable bonds is 1. The number of halogens is 1. The molecule has 0 aliphatic carbocycles. The van der Waals surface area contributed by atoms with Gasteiger partial charge in [0, 0.05) is 10.2 Å². The van der Waals surface area contributed by atoms with Gasteiger partial charge in [-0.2, -0.15) is 0 Å². The second kappa shape index (κ2) is 4.39. The van der Waals surface area contributed by atoms with Crippen LogP contribution in [0.1, 0.15) is 19.4 Å². The number of carbonyl (C=O) groups is 2. The highest BCUT2D eigenvalue weighted by Crippen LogP contribution is 2.26. The second-order valence-electron chi connectivity index (χ2n) is 5.00. The van der Waals surface area contributed by atoms with Gasteiger partial charge < -0.3 is 10.2 Å². The van der Waals surface area contributed by atoms with Crippen molar-refractivity contribution in [1.82, 2.24) is 5.32 Å². The van der Waals surface area contributed by atoms with Gasteiger partial charge in [-0.15, -0.1) is 0 Å². The maximum atomic E-state index is 12.3. The van der Waals surface area contributed by atoms with Gasteiger partial charge in [-0.25, -0.2) is 0 Å². The molecule has 1 aliphatic heterocycles. The van der Waals surface area contributed by atoms with Gasteiger partial charge in [-0.1, -0.05) is 22.0 Å². The second-order valence-corrected chi connectivity index (χ2v) is 5.85. The quantitative estimate of drug-likeness (QED) is 0.862. The molecule has 1 heterocycles. The van der Waals surface area contributed by atoms with Crippen LogP contribution in [-0.4, -0.2) is 23.9 Å². The molecule has 0 atom stereocenters. The summed E-state index contributed by atoms with van der Waals surface area (Å²) in [5, 5.41) is 2.69. The summed E-state index contributed by atoms with van der Waals surface area (Å²) < 4.78 is 0.927. The number of anilines is 1. The van der Waals surface area contributed by atoms with E-state index in [1.807, 2.05) is 25.1 Å². The Kier molecular flexibility index (Phi) is 3.19. The van der Waals surface area contributed by atoms with Crippen LogP contribution in [0, 0.1) is 6.92 Å².